The first-order valence-electron chi connectivity index (χ1n) is 13.0. The highest BCUT2D eigenvalue weighted by atomic mass is 19.1. The summed E-state index contributed by atoms with van der Waals surface area (Å²) in [5.74, 6) is 0.253. The van der Waals surface area contributed by atoms with Crippen molar-refractivity contribution in [3.05, 3.63) is 59.4 Å². The zero-order valence-electron chi connectivity index (χ0n) is 22.8. The number of benzene rings is 1. The molecule has 8 heteroatoms. The van der Waals surface area contributed by atoms with E-state index < -0.39 is 11.4 Å². The maximum atomic E-state index is 14.4. The van der Waals surface area contributed by atoms with Crippen molar-refractivity contribution in [2.24, 2.45) is 0 Å². The topological polar surface area (TPSA) is 67.2 Å². The number of carbonyl (C=O) groups excluding carboxylic acids is 2. The van der Waals surface area contributed by atoms with Gasteiger partial charge in [0.25, 0.3) is 5.91 Å². The molecular formula is C29H37FN4O3. The lowest BCUT2D eigenvalue weighted by Crippen LogP contribution is -2.37. The average Bonchev–Trinajstić information content (AvgIpc) is 3.45. The number of halogens is 1. The van der Waals surface area contributed by atoms with Crippen molar-refractivity contribution in [3.63, 3.8) is 0 Å². The highest BCUT2D eigenvalue weighted by Gasteiger charge is 2.32. The quantitative estimate of drug-likeness (QED) is 0.421. The second-order valence-corrected chi connectivity index (χ2v) is 11.0. The Morgan fingerprint density at radius 3 is 2.59 bits per heavy atom. The molecule has 37 heavy (non-hydrogen) atoms. The predicted octanol–water partition coefficient (Wildman–Crippen LogP) is 6.04. The Bertz CT molecular complexity index is 1320. The van der Waals surface area contributed by atoms with Crippen LogP contribution in [0.15, 0.2) is 36.7 Å². The summed E-state index contributed by atoms with van der Waals surface area (Å²) in [5.41, 5.74) is 3.14. The number of amides is 2. The second-order valence-electron chi connectivity index (χ2n) is 11.0. The van der Waals surface area contributed by atoms with Gasteiger partial charge in [-0.2, -0.15) is 0 Å². The lowest BCUT2D eigenvalue weighted by Gasteiger charge is -2.26. The van der Waals surface area contributed by atoms with E-state index in [0.29, 0.717) is 30.8 Å². The number of hydrogen-bond donors (Lipinski definition) is 0. The van der Waals surface area contributed by atoms with Crippen LogP contribution in [-0.2, 0) is 4.74 Å². The summed E-state index contributed by atoms with van der Waals surface area (Å²) in [5, 5.41) is 0. The first kappa shape index (κ1) is 26.6. The van der Waals surface area contributed by atoms with E-state index in [4.69, 9.17) is 4.74 Å². The van der Waals surface area contributed by atoms with Gasteiger partial charge in [-0.25, -0.2) is 14.2 Å². The number of pyridine rings is 1. The fraction of sp³-hybridized carbons (Fsp3) is 0.483. The molecule has 0 radical (unpaired) electrons. The van der Waals surface area contributed by atoms with Crippen LogP contribution in [0.25, 0.3) is 16.6 Å². The van der Waals surface area contributed by atoms with Crippen molar-refractivity contribution in [2.45, 2.75) is 72.4 Å². The molecule has 1 saturated heterocycles. The molecule has 0 N–H and O–H groups in total. The number of fused-ring (bicyclic) bond motifs is 1. The van der Waals surface area contributed by atoms with E-state index in [0.717, 1.165) is 28.9 Å². The van der Waals surface area contributed by atoms with Crippen molar-refractivity contribution in [2.75, 3.05) is 19.6 Å². The van der Waals surface area contributed by atoms with Gasteiger partial charge in [-0.05, 0) is 84.2 Å². The summed E-state index contributed by atoms with van der Waals surface area (Å²) in [6.07, 6.45) is 4.33. The molecule has 3 heterocycles. The molecule has 1 unspecified atom stereocenters. The van der Waals surface area contributed by atoms with Crippen LogP contribution in [0.5, 0.6) is 0 Å². The molecule has 2 aromatic heterocycles. The smallest absolute Gasteiger partial charge is 0.410 e. The van der Waals surface area contributed by atoms with Crippen LogP contribution in [0.2, 0.25) is 0 Å². The minimum atomic E-state index is -0.553. The Kier molecular flexibility index (Phi) is 7.31. The van der Waals surface area contributed by atoms with Gasteiger partial charge in [0.1, 0.15) is 17.2 Å². The summed E-state index contributed by atoms with van der Waals surface area (Å²) in [6, 6.07) is 6.45. The van der Waals surface area contributed by atoms with E-state index in [1.54, 1.807) is 22.1 Å². The monoisotopic (exact) mass is 508 g/mol. The highest BCUT2D eigenvalue weighted by molar-refractivity contribution is 6.03. The molecular weight excluding hydrogens is 471 g/mol. The number of nitrogens with zero attached hydrogens (tertiary/aromatic N) is 4. The molecule has 1 aliphatic rings. The van der Waals surface area contributed by atoms with Crippen molar-refractivity contribution in [3.8, 4) is 11.1 Å². The third-order valence-corrected chi connectivity index (χ3v) is 6.89. The van der Waals surface area contributed by atoms with Gasteiger partial charge in [0.2, 0.25) is 0 Å². The molecule has 3 aromatic rings. The van der Waals surface area contributed by atoms with Gasteiger partial charge < -0.3 is 18.9 Å². The number of carbonyl (C=O) groups is 2. The number of imidazole rings is 1. The van der Waals surface area contributed by atoms with E-state index >= 15 is 0 Å². The molecule has 1 aromatic carbocycles. The van der Waals surface area contributed by atoms with E-state index in [1.807, 2.05) is 52.9 Å². The molecule has 0 saturated carbocycles. The van der Waals surface area contributed by atoms with Crippen LogP contribution < -0.4 is 0 Å². The van der Waals surface area contributed by atoms with Gasteiger partial charge in [0, 0.05) is 43.4 Å². The van der Waals surface area contributed by atoms with E-state index in [1.165, 1.54) is 12.1 Å². The maximum absolute atomic E-state index is 14.4. The van der Waals surface area contributed by atoms with Gasteiger partial charge in [-0.1, -0.05) is 6.07 Å². The lowest BCUT2D eigenvalue weighted by molar-refractivity contribution is 0.0292. The fourth-order valence-corrected chi connectivity index (χ4v) is 5.03. The zero-order valence-corrected chi connectivity index (χ0v) is 22.8. The lowest BCUT2D eigenvalue weighted by atomic mass is 9.93. The maximum Gasteiger partial charge on any atom is 0.410 e. The van der Waals surface area contributed by atoms with E-state index in [9.17, 15) is 14.0 Å². The van der Waals surface area contributed by atoms with Crippen LogP contribution in [0, 0.1) is 12.7 Å². The third kappa shape index (κ3) is 5.48. The summed E-state index contributed by atoms with van der Waals surface area (Å²) in [7, 11) is 0. The predicted molar refractivity (Wildman–Crippen MR) is 142 cm³/mol. The van der Waals surface area contributed by atoms with Crippen molar-refractivity contribution < 1.29 is 18.7 Å². The van der Waals surface area contributed by atoms with Gasteiger partial charge in [0.15, 0.2) is 0 Å². The number of likely N-dealkylation sites (tertiary alicyclic amines) is 1. The number of aryl methyl sites for hydroxylation is 1. The van der Waals surface area contributed by atoms with Crippen molar-refractivity contribution >= 4 is 17.5 Å². The average molecular weight is 509 g/mol. The first-order valence-corrected chi connectivity index (χ1v) is 13.0. The molecule has 0 aliphatic carbocycles. The number of ether oxygens (including phenoxy) is 1. The minimum Gasteiger partial charge on any atom is -0.444 e. The number of hydrogen-bond acceptors (Lipinski definition) is 4. The van der Waals surface area contributed by atoms with E-state index in [-0.39, 0.29) is 24.0 Å². The Labute approximate surface area is 218 Å². The first-order chi connectivity index (χ1) is 17.4. The normalized spacial score (nSPS) is 16.0. The van der Waals surface area contributed by atoms with Crippen molar-refractivity contribution in [1.82, 2.24) is 19.2 Å². The second kappa shape index (κ2) is 10.1. The highest BCUT2D eigenvalue weighted by Crippen LogP contribution is 2.36. The molecule has 1 fully saturated rings. The molecule has 1 atom stereocenters. The Balaban J connectivity index is 1.78. The molecule has 1 aliphatic heterocycles. The number of aromatic nitrogens is 2. The molecule has 0 spiro atoms. The zero-order chi connectivity index (χ0) is 27.1. The Morgan fingerprint density at radius 1 is 1.22 bits per heavy atom. The summed E-state index contributed by atoms with van der Waals surface area (Å²) >= 11 is 0. The van der Waals surface area contributed by atoms with Crippen molar-refractivity contribution in [1.29, 1.82) is 0 Å². The number of rotatable bonds is 5. The molecule has 198 valence electrons. The van der Waals surface area contributed by atoms with Gasteiger partial charge in [-0.3, -0.25) is 4.79 Å². The molecule has 4 rings (SSSR count). The van der Waals surface area contributed by atoms with Crippen LogP contribution >= 0.6 is 0 Å². The molecule has 7 nitrogen and oxygen atoms in total. The fourth-order valence-electron chi connectivity index (χ4n) is 5.03. The van der Waals surface area contributed by atoms with E-state index in [2.05, 4.69) is 17.2 Å². The van der Waals surface area contributed by atoms with Crippen LogP contribution in [0.3, 0.4) is 0 Å². The Hall–Kier alpha value is -3.42. The van der Waals surface area contributed by atoms with Gasteiger partial charge >= 0.3 is 6.09 Å². The third-order valence-electron chi connectivity index (χ3n) is 6.89. The summed E-state index contributed by atoms with van der Waals surface area (Å²) in [4.78, 5) is 34.2. The van der Waals surface area contributed by atoms with Gasteiger partial charge in [-0.15, -0.1) is 0 Å². The summed E-state index contributed by atoms with van der Waals surface area (Å²) < 4.78 is 22.0. The largest absolute Gasteiger partial charge is 0.444 e. The Morgan fingerprint density at radius 2 is 1.95 bits per heavy atom. The molecule has 0 bridgehead atoms. The van der Waals surface area contributed by atoms with Gasteiger partial charge in [0.05, 0.1) is 17.3 Å². The SMILES string of the molecule is CCN(C(=O)c1cc(F)ccc1-c1cc(C2CCN(C(=O)OC(C)(C)C)C2)cn2c(C)ncc12)C(C)C. The minimum absolute atomic E-state index is 0.0190. The van der Waals surface area contributed by atoms with Crippen LogP contribution in [-0.4, -0.2) is 62.5 Å². The molecule has 2 amide bonds. The van der Waals surface area contributed by atoms with Crippen LogP contribution in [0.4, 0.5) is 9.18 Å². The summed E-state index contributed by atoms with van der Waals surface area (Å²) in [6.45, 7) is 15.0. The standard InChI is InChI=1S/C29H37FN4O3/c1-8-33(18(2)3)27(35)25-14-22(30)9-10-23(25)24-13-21(17-34-19(4)31-15-26(24)34)20-11-12-32(16-20)28(36)37-29(5,6)7/h9-10,13-15,17-18,20H,8,11-12,16H2,1-7H3. The van der Waals surface area contributed by atoms with Crippen LogP contribution in [0.1, 0.15) is 75.6 Å².